The van der Waals surface area contributed by atoms with E-state index in [0.29, 0.717) is 22.6 Å². The lowest BCUT2D eigenvalue weighted by Gasteiger charge is -2.36. The minimum atomic E-state index is -0.858. The van der Waals surface area contributed by atoms with Gasteiger partial charge in [-0.2, -0.15) is 0 Å². The highest BCUT2D eigenvalue weighted by atomic mass is 16.7. The fraction of sp³-hybridized carbons (Fsp3) is 0.435. The van der Waals surface area contributed by atoms with Gasteiger partial charge in [0.05, 0.1) is 11.1 Å². The van der Waals surface area contributed by atoms with Crippen LogP contribution in [-0.2, 0) is 4.74 Å². The topological polar surface area (TPSA) is 93.1 Å². The van der Waals surface area contributed by atoms with Crippen LogP contribution in [0.15, 0.2) is 30.3 Å². The minimum Gasteiger partial charge on any atom is -0.430 e. The third-order valence-electron chi connectivity index (χ3n) is 6.21. The third-order valence-corrected chi connectivity index (χ3v) is 6.21. The number of carbonyl (C=O) groups is 3. The van der Waals surface area contributed by atoms with Crippen molar-refractivity contribution in [3.63, 3.8) is 0 Å². The van der Waals surface area contributed by atoms with Gasteiger partial charge in [0.25, 0.3) is 11.8 Å². The minimum absolute atomic E-state index is 0.0792. The molecule has 158 valence electrons. The van der Waals surface area contributed by atoms with E-state index < -0.39 is 18.0 Å². The van der Waals surface area contributed by atoms with Crippen molar-refractivity contribution < 1.29 is 29.1 Å². The predicted octanol–water partition coefficient (Wildman–Crippen LogP) is 4.80. The van der Waals surface area contributed by atoms with E-state index in [9.17, 15) is 19.6 Å². The first-order chi connectivity index (χ1) is 14.3. The maximum atomic E-state index is 12.5. The zero-order valence-electron chi connectivity index (χ0n) is 17.3. The summed E-state index contributed by atoms with van der Waals surface area (Å²) in [5.74, 6) is -0.359. The lowest BCUT2D eigenvalue weighted by atomic mass is 9.75. The number of hydrogen-bond donors (Lipinski definition) is 1. The number of benzene rings is 2. The molecule has 1 heterocycles. The Morgan fingerprint density at radius 1 is 1.13 bits per heavy atom. The standard InChI is InChI=1S/C23H25NO6/c1-12(2)16-8-7-13(3)9-19(16)30-23(27)29-15-10-14-5-4-6-17-20(14)18(11-15)22(26)24(28)21(17)25/h4-6,10-13,16,19,28H,7-9H2,1-3H3. The Bertz CT molecular complexity index is 1030. The number of imide groups is 1. The fourth-order valence-electron chi connectivity index (χ4n) is 4.62. The van der Waals surface area contributed by atoms with Crippen molar-refractivity contribution in [1.29, 1.82) is 0 Å². The number of carbonyl (C=O) groups excluding carboxylic acids is 3. The summed E-state index contributed by atoms with van der Waals surface area (Å²) in [7, 11) is 0. The van der Waals surface area contributed by atoms with Crippen molar-refractivity contribution in [3.05, 3.63) is 41.5 Å². The predicted molar refractivity (Wildman–Crippen MR) is 108 cm³/mol. The molecule has 2 aromatic carbocycles. The molecule has 0 saturated heterocycles. The Hall–Kier alpha value is -2.93. The molecule has 7 heteroatoms. The second kappa shape index (κ2) is 7.72. The molecule has 0 radical (unpaired) electrons. The second-order valence-electron chi connectivity index (χ2n) is 8.63. The van der Waals surface area contributed by atoms with Gasteiger partial charge < -0.3 is 9.47 Å². The van der Waals surface area contributed by atoms with Gasteiger partial charge in [0.2, 0.25) is 0 Å². The third kappa shape index (κ3) is 3.54. The van der Waals surface area contributed by atoms with Crippen LogP contribution in [0.25, 0.3) is 10.8 Å². The van der Waals surface area contributed by atoms with Crippen LogP contribution in [0.4, 0.5) is 4.79 Å². The molecule has 1 aliphatic carbocycles. The number of rotatable bonds is 3. The van der Waals surface area contributed by atoms with E-state index in [1.165, 1.54) is 12.1 Å². The van der Waals surface area contributed by atoms with E-state index in [1.54, 1.807) is 18.2 Å². The largest absolute Gasteiger partial charge is 0.514 e. The smallest absolute Gasteiger partial charge is 0.430 e. The first-order valence-corrected chi connectivity index (χ1v) is 10.3. The molecule has 1 N–H and O–H groups in total. The summed E-state index contributed by atoms with van der Waals surface area (Å²) in [5, 5.41) is 10.9. The van der Waals surface area contributed by atoms with Crippen LogP contribution in [0.1, 0.15) is 60.7 Å². The molecule has 0 spiro atoms. The van der Waals surface area contributed by atoms with Crippen LogP contribution in [0, 0.1) is 17.8 Å². The summed E-state index contributed by atoms with van der Waals surface area (Å²) in [5.41, 5.74) is 0.314. The zero-order chi connectivity index (χ0) is 21.6. The van der Waals surface area contributed by atoms with Crippen LogP contribution in [0.2, 0.25) is 0 Å². The molecule has 0 bridgehead atoms. The van der Waals surface area contributed by atoms with E-state index in [2.05, 4.69) is 20.8 Å². The maximum Gasteiger partial charge on any atom is 0.514 e. The summed E-state index contributed by atoms with van der Waals surface area (Å²) >= 11 is 0. The SMILES string of the molecule is CC1CCC(C(C)C)C(OC(=O)Oc2cc3c4c(cccc4c2)C(=O)N(O)C3=O)C1. The first-order valence-electron chi connectivity index (χ1n) is 10.3. The zero-order valence-corrected chi connectivity index (χ0v) is 17.3. The van der Waals surface area contributed by atoms with Gasteiger partial charge in [0, 0.05) is 5.39 Å². The summed E-state index contributed by atoms with van der Waals surface area (Å²) < 4.78 is 11.1. The van der Waals surface area contributed by atoms with Crippen LogP contribution >= 0.6 is 0 Å². The number of amides is 2. The van der Waals surface area contributed by atoms with E-state index in [0.717, 1.165) is 19.3 Å². The Balaban J connectivity index is 1.60. The Morgan fingerprint density at radius 3 is 2.60 bits per heavy atom. The van der Waals surface area contributed by atoms with Crippen LogP contribution in [-0.4, -0.2) is 34.3 Å². The molecule has 1 fully saturated rings. The molecule has 1 saturated carbocycles. The van der Waals surface area contributed by atoms with Crippen molar-refractivity contribution in [1.82, 2.24) is 5.06 Å². The molecule has 2 amide bonds. The molecule has 4 rings (SSSR count). The van der Waals surface area contributed by atoms with Crippen molar-refractivity contribution in [3.8, 4) is 5.75 Å². The summed E-state index contributed by atoms with van der Waals surface area (Å²) in [6.07, 6.45) is 1.90. The number of hydroxylamine groups is 2. The molecule has 2 aliphatic rings. The lowest BCUT2D eigenvalue weighted by Crippen LogP contribution is -2.37. The first kappa shape index (κ1) is 20.3. The van der Waals surface area contributed by atoms with Crippen LogP contribution in [0.5, 0.6) is 5.75 Å². The Kier molecular flexibility index (Phi) is 5.24. The highest BCUT2D eigenvalue weighted by molar-refractivity contribution is 6.25. The monoisotopic (exact) mass is 411 g/mol. The van der Waals surface area contributed by atoms with Crippen molar-refractivity contribution in [2.75, 3.05) is 0 Å². The highest BCUT2D eigenvalue weighted by Crippen LogP contribution is 2.36. The molecular formula is C23H25NO6. The summed E-state index contributed by atoms with van der Waals surface area (Å²) in [4.78, 5) is 37.1. The Morgan fingerprint density at radius 2 is 1.87 bits per heavy atom. The molecule has 2 aromatic rings. The van der Waals surface area contributed by atoms with Crippen molar-refractivity contribution in [2.24, 2.45) is 17.8 Å². The molecule has 3 atom stereocenters. The molecular weight excluding hydrogens is 386 g/mol. The summed E-state index contributed by atoms with van der Waals surface area (Å²) in [6.45, 7) is 6.40. The number of hydrogen-bond acceptors (Lipinski definition) is 6. The molecule has 0 aromatic heterocycles. The quantitative estimate of drug-likeness (QED) is 0.337. The average molecular weight is 411 g/mol. The van der Waals surface area contributed by atoms with E-state index in [-0.39, 0.29) is 34.0 Å². The van der Waals surface area contributed by atoms with Crippen LogP contribution < -0.4 is 4.74 Å². The number of nitrogens with zero attached hydrogens (tertiary/aromatic N) is 1. The lowest BCUT2D eigenvalue weighted by molar-refractivity contribution is -0.0378. The van der Waals surface area contributed by atoms with Crippen molar-refractivity contribution >= 4 is 28.7 Å². The van der Waals surface area contributed by atoms with Gasteiger partial charge >= 0.3 is 6.16 Å². The van der Waals surface area contributed by atoms with Gasteiger partial charge in [0.1, 0.15) is 11.9 Å². The molecule has 30 heavy (non-hydrogen) atoms. The van der Waals surface area contributed by atoms with Crippen LogP contribution in [0.3, 0.4) is 0 Å². The summed E-state index contributed by atoms with van der Waals surface area (Å²) in [6, 6.07) is 7.83. The van der Waals surface area contributed by atoms with E-state index in [1.807, 2.05) is 0 Å². The molecule has 7 nitrogen and oxygen atoms in total. The van der Waals surface area contributed by atoms with Gasteiger partial charge in [-0.05, 0) is 54.2 Å². The number of ether oxygens (including phenoxy) is 2. The maximum absolute atomic E-state index is 12.5. The van der Waals surface area contributed by atoms with E-state index >= 15 is 0 Å². The van der Waals surface area contributed by atoms with Gasteiger partial charge in [0.15, 0.2) is 0 Å². The van der Waals surface area contributed by atoms with Gasteiger partial charge in [-0.15, -0.1) is 5.06 Å². The molecule has 3 unspecified atom stereocenters. The van der Waals surface area contributed by atoms with Gasteiger partial charge in [-0.25, -0.2) is 4.79 Å². The second-order valence-corrected chi connectivity index (χ2v) is 8.63. The highest BCUT2D eigenvalue weighted by Gasteiger charge is 2.35. The Labute approximate surface area is 174 Å². The fourth-order valence-corrected chi connectivity index (χ4v) is 4.62. The average Bonchev–Trinajstić information content (AvgIpc) is 2.69. The molecule has 1 aliphatic heterocycles. The van der Waals surface area contributed by atoms with E-state index in [4.69, 9.17) is 9.47 Å². The van der Waals surface area contributed by atoms with Gasteiger partial charge in [-0.1, -0.05) is 39.3 Å². The normalized spacial score (nSPS) is 23.8. The van der Waals surface area contributed by atoms with Crippen molar-refractivity contribution in [2.45, 2.75) is 46.1 Å². The van der Waals surface area contributed by atoms with Gasteiger partial charge in [-0.3, -0.25) is 14.8 Å².